The van der Waals surface area contributed by atoms with Crippen LogP contribution in [0.15, 0.2) is 24.3 Å². The maximum absolute atomic E-state index is 6.15. The minimum absolute atomic E-state index is 0.348. The van der Waals surface area contributed by atoms with Gasteiger partial charge in [-0.25, -0.2) is 0 Å². The molecule has 0 radical (unpaired) electrons. The number of halogens is 1. The smallest absolute Gasteiger partial charge is 0.0630 e. The summed E-state index contributed by atoms with van der Waals surface area (Å²) >= 11 is 6.15. The number of nitrogens with one attached hydrogen (secondary N) is 1. The number of benzene rings is 1. The number of nitrogens with zero attached hydrogens (tertiary/aromatic N) is 1. The summed E-state index contributed by atoms with van der Waals surface area (Å²) in [4.78, 5) is 2.25. The predicted molar refractivity (Wildman–Crippen MR) is 72.5 cm³/mol. The van der Waals surface area contributed by atoms with Crippen molar-refractivity contribution in [2.75, 3.05) is 34.4 Å². The standard InChI is InChI=1S/C13H21ClN2O/c1-15-8-12(10-17-3)16(2)9-11-6-4-5-7-13(11)14/h4-7,12,15H,8-10H2,1-3H3. The molecule has 1 rings (SSSR count). The minimum atomic E-state index is 0.348. The third-order valence-corrected chi connectivity index (χ3v) is 3.17. The van der Waals surface area contributed by atoms with Gasteiger partial charge in [-0.1, -0.05) is 29.8 Å². The summed E-state index contributed by atoms with van der Waals surface area (Å²) in [5.74, 6) is 0. The van der Waals surface area contributed by atoms with E-state index in [0.717, 1.165) is 23.7 Å². The first-order valence-corrected chi connectivity index (χ1v) is 6.14. The van der Waals surface area contributed by atoms with Gasteiger partial charge in [-0.05, 0) is 25.7 Å². The lowest BCUT2D eigenvalue weighted by Gasteiger charge is -2.27. The maximum Gasteiger partial charge on any atom is 0.0630 e. The van der Waals surface area contributed by atoms with Gasteiger partial charge in [0.2, 0.25) is 0 Å². The Morgan fingerprint density at radius 1 is 1.41 bits per heavy atom. The van der Waals surface area contributed by atoms with Gasteiger partial charge < -0.3 is 10.1 Å². The normalized spacial score (nSPS) is 13.0. The summed E-state index contributed by atoms with van der Waals surface area (Å²) < 4.78 is 5.23. The van der Waals surface area contributed by atoms with E-state index >= 15 is 0 Å². The molecule has 96 valence electrons. The van der Waals surface area contributed by atoms with Crippen LogP contribution >= 0.6 is 11.6 Å². The van der Waals surface area contributed by atoms with Gasteiger partial charge >= 0.3 is 0 Å². The zero-order chi connectivity index (χ0) is 12.7. The van der Waals surface area contributed by atoms with Gasteiger partial charge in [0.15, 0.2) is 0 Å². The van der Waals surface area contributed by atoms with Crippen LogP contribution in [0, 0.1) is 0 Å². The van der Waals surface area contributed by atoms with Crippen molar-refractivity contribution in [3.8, 4) is 0 Å². The largest absolute Gasteiger partial charge is 0.383 e. The third kappa shape index (κ3) is 4.64. The van der Waals surface area contributed by atoms with E-state index in [4.69, 9.17) is 16.3 Å². The monoisotopic (exact) mass is 256 g/mol. The van der Waals surface area contributed by atoms with Crippen molar-refractivity contribution < 1.29 is 4.74 Å². The number of hydrogen-bond donors (Lipinski definition) is 1. The molecular weight excluding hydrogens is 236 g/mol. The van der Waals surface area contributed by atoms with Crippen molar-refractivity contribution in [3.63, 3.8) is 0 Å². The van der Waals surface area contributed by atoms with E-state index in [-0.39, 0.29) is 0 Å². The fourth-order valence-corrected chi connectivity index (χ4v) is 1.99. The van der Waals surface area contributed by atoms with Crippen LogP contribution in [0.1, 0.15) is 5.56 Å². The van der Waals surface area contributed by atoms with Crippen LogP contribution in [0.4, 0.5) is 0 Å². The van der Waals surface area contributed by atoms with Gasteiger partial charge in [-0.15, -0.1) is 0 Å². The van der Waals surface area contributed by atoms with Crippen LogP contribution in [0.5, 0.6) is 0 Å². The third-order valence-electron chi connectivity index (χ3n) is 2.80. The molecule has 1 aromatic rings. The van der Waals surface area contributed by atoms with Gasteiger partial charge in [-0.2, -0.15) is 0 Å². The van der Waals surface area contributed by atoms with Crippen molar-refractivity contribution in [3.05, 3.63) is 34.9 Å². The maximum atomic E-state index is 6.15. The van der Waals surface area contributed by atoms with Gasteiger partial charge in [0, 0.05) is 31.3 Å². The van der Waals surface area contributed by atoms with Crippen LogP contribution in [-0.4, -0.2) is 45.3 Å². The molecule has 4 heteroatoms. The van der Waals surface area contributed by atoms with Crippen LogP contribution in [0.25, 0.3) is 0 Å². The molecule has 0 aliphatic carbocycles. The van der Waals surface area contributed by atoms with Gasteiger partial charge in [0.25, 0.3) is 0 Å². The number of hydrogen-bond acceptors (Lipinski definition) is 3. The molecule has 0 aromatic heterocycles. The summed E-state index contributed by atoms with van der Waals surface area (Å²) in [6.07, 6.45) is 0. The quantitative estimate of drug-likeness (QED) is 0.808. The highest BCUT2D eigenvalue weighted by atomic mass is 35.5. The second kappa shape index (κ2) is 7.67. The average molecular weight is 257 g/mol. The SMILES string of the molecule is CNCC(COC)N(C)Cc1ccccc1Cl. The first-order valence-electron chi connectivity index (χ1n) is 5.76. The second-order valence-electron chi connectivity index (χ2n) is 4.17. The van der Waals surface area contributed by atoms with Gasteiger partial charge in [0.05, 0.1) is 6.61 Å². The molecule has 0 aliphatic rings. The Balaban J connectivity index is 2.62. The molecule has 0 spiro atoms. The van der Waals surface area contributed by atoms with Gasteiger partial charge in [-0.3, -0.25) is 4.90 Å². The highest BCUT2D eigenvalue weighted by Gasteiger charge is 2.14. The molecule has 0 amide bonds. The second-order valence-corrected chi connectivity index (χ2v) is 4.58. The molecule has 1 aromatic carbocycles. The fraction of sp³-hybridized carbons (Fsp3) is 0.538. The summed E-state index contributed by atoms with van der Waals surface area (Å²) in [6.45, 7) is 2.44. The lowest BCUT2D eigenvalue weighted by Crippen LogP contribution is -2.41. The van der Waals surface area contributed by atoms with E-state index < -0.39 is 0 Å². The highest BCUT2D eigenvalue weighted by molar-refractivity contribution is 6.31. The Morgan fingerprint density at radius 3 is 2.71 bits per heavy atom. The van der Waals surface area contributed by atoms with Crippen molar-refractivity contribution in [2.45, 2.75) is 12.6 Å². The fourth-order valence-electron chi connectivity index (χ4n) is 1.79. The summed E-state index contributed by atoms with van der Waals surface area (Å²) in [5, 5.41) is 4.00. The molecule has 0 fully saturated rings. The van der Waals surface area contributed by atoms with E-state index in [1.54, 1.807) is 7.11 Å². The van der Waals surface area contributed by atoms with E-state index in [1.807, 2.05) is 25.2 Å². The van der Waals surface area contributed by atoms with Crippen LogP contribution in [0.3, 0.4) is 0 Å². The number of likely N-dealkylation sites (N-methyl/N-ethyl adjacent to an activating group) is 2. The lowest BCUT2D eigenvalue weighted by atomic mass is 10.2. The van der Waals surface area contributed by atoms with E-state index in [1.165, 1.54) is 0 Å². The molecule has 0 heterocycles. The Bertz CT molecular complexity index is 327. The first-order chi connectivity index (χ1) is 8.19. The molecule has 0 saturated carbocycles. The van der Waals surface area contributed by atoms with Gasteiger partial charge in [0.1, 0.15) is 0 Å². The molecule has 1 atom stereocenters. The molecule has 0 bridgehead atoms. The summed E-state index contributed by atoms with van der Waals surface area (Å²) in [6, 6.07) is 8.29. The molecule has 17 heavy (non-hydrogen) atoms. The number of rotatable bonds is 7. The van der Waals surface area contributed by atoms with Crippen molar-refractivity contribution in [1.82, 2.24) is 10.2 Å². The molecule has 0 saturated heterocycles. The molecule has 1 N–H and O–H groups in total. The first kappa shape index (κ1) is 14.5. The zero-order valence-corrected chi connectivity index (χ0v) is 11.5. The molecular formula is C13H21ClN2O. The highest BCUT2D eigenvalue weighted by Crippen LogP contribution is 2.17. The lowest BCUT2D eigenvalue weighted by molar-refractivity contribution is 0.102. The van der Waals surface area contributed by atoms with Crippen molar-refractivity contribution >= 4 is 11.6 Å². The number of ether oxygens (including phenoxy) is 1. The molecule has 3 nitrogen and oxygen atoms in total. The average Bonchev–Trinajstić information content (AvgIpc) is 2.32. The van der Waals surface area contributed by atoms with Crippen molar-refractivity contribution in [1.29, 1.82) is 0 Å². The Kier molecular flexibility index (Phi) is 6.52. The molecule has 1 unspecified atom stereocenters. The Hall–Kier alpha value is -0.610. The predicted octanol–water partition coefficient (Wildman–Crippen LogP) is 2.01. The van der Waals surface area contributed by atoms with E-state index in [2.05, 4.69) is 23.3 Å². The Labute approximate surface area is 109 Å². The topological polar surface area (TPSA) is 24.5 Å². The minimum Gasteiger partial charge on any atom is -0.383 e. The van der Waals surface area contributed by atoms with E-state index in [9.17, 15) is 0 Å². The van der Waals surface area contributed by atoms with Crippen LogP contribution in [0.2, 0.25) is 5.02 Å². The summed E-state index contributed by atoms with van der Waals surface area (Å²) in [7, 11) is 5.77. The van der Waals surface area contributed by atoms with E-state index in [0.29, 0.717) is 12.6 Å². The summed E-state index contributed by atoms with van der Waals surface area (Å²) in [5.41, 5.74) is 1.15. The zero-order valence-electron chi connectivity index (χ0n) is 10.7. The number of methoxy groups -OCH3 is 1. The van der Waals surface area contributed by atoms with Crippen molar-refractivity contribution in [2.24, 2.45) is 0 Å². The van der Waals surface area contributed by atoms with Crippen LogP contribution < -0.4 is 5.32 Å². The Morgan fingerprint density at radius 2 is 2.12 bits per heavy atom. The van der Waals surface area contributed by atoms with Crippen LogP contribution in [-0.2, 0) is 11.3 Å². The molecule has 0 aliphatic heterocycles.